The molecule has 6 heteroatoms. The van der Waals surface area contributed by atoms with Crippen molar-refractivity contribution in [2.24, 2.45) is 0 Å². The maximum Gasteiger partial charge on any atom is 0.494 e. The molecule has 0 unspecified atom stereocenters. The zero-order valence-electron chi connectivity index (χ0n) is 14.9. The monoisotopic (exact) mass is 327 g/mol. The van der Waals surface area contributed by atoms with Gasteiger partial charge in [-0.25, -0.2) is 9.65 Å². The van der Waals surface area contributed by atoms with Crippen LogP contribution >= 0.6 is 0 Å². The topological polar surface area (TPSA) is 42.2 Å². The Labute approximate surface area is 144 Å². The largest absolute Gasteiger partial charge is 0.494 e. The van der Waals surface area contributed by atoms with Gasteiger partial charge in [0.25, 0.3) is 6.71 Å². The summed E-state index contributed by atoms with van der Waals surface area (Å²) in [6.07, 6.45) is 3.48. The second-order valence-corrected chi connectivity index (χ2v) is 8.05. The normalized spacial score (nSPS) is 23.3. The Morgan fingerprint density at radius 2 is 1.71 bits per heavy atom. The molecule has 0 aromatic heterocycles. The first-order valence-corrected chi connectivity index (χ1v) is 8.78. The summed E-state index contributed by atoms with van der Waals surface area (Å²) in [7, 11) is -0.534. The molecule has 0 radical (unpaired) electrons. The fourth-order valence-electron chi connectivity index (χ4n) is 3.53. The SMILES string of the molecule is CC1(C)OB(c2ccc(C3CCB(C#N)CC3)c(F)c2)OC1(C)C. The van der Waals surface area contributed by atoms with E-state index in [0.29, 0.717) is 0 Å². The highest BCUT2D eigenvalue weighted by Gasteiger charge is 2.51. The molecule has 2 fully saturated rings. The van der Waals surface area contributed by atoms with E-state index in [1.807, 2.05) is 39.8 Å². The molecule has 0 spiro atoms. The summed E-state index contributed by atoms with van der Waals surface area (Å²) < 4.78 is 26.7. The highest BCUT2D eigenvalue weighted by molar-refractivity contribution is 6.67. The minimum Gasteiger partial charge on any atom is -0.399 e. The van der Waals surface area contributed by atoms with Crippen LogP contribution in [-0.4, -0.2) is 25.0 Å². The van der Waals surface area contributed by atoms with Crippen molar-refractivity contribution in [1.82, 2.24) is 0 Å². The van der Waals surface area contributed by atoms with Crippen molar-refractivity contribution in [2.75, 3.05) is 0 Å². The standard InChI is InChI=1S/C18H24B2FNO2/c1-17(2)18(3,4)24-20(23-17)14-5-6-15(16(21)11-14)13-7-9-19(12-22)10-8-13/h5-6,11,13H,7-10H2,1-4H3. The van der Waals surface area contributed by atoms with Gasteiger partial charge in [0, 0.05) is 5.97 Å². The quantitative estimate of drug-likeness (QED) is 0.780. The van der Waals surface area contributed by atoms with Gasteiger partial charge in [-0.1, -0.05) is 37.6 Å². The Morgan fingerprint density at radius 3 is 2.21 bits per heavy atom. The van der Waals surface area contributed by atoms with E-state index in [1.54, 1.807) is 6.07 Å². The van der Waals surface area contributed by atoms with Gasteiger partial charge in [-0.3, -0.25) is 0 Å². The van der Waals surface area contributed by atoms with Crippen molar-refractivity contribution in [2.45, 2.75) is 70.3 Å². The van der Waals surface area contributed by atoms with Gasteiger partial charge in [0.05, 0.1) is 11.2 Å². The van der Waals surface area contributed by atoms with Crippen molar-refractivity contribution < 1.29 is 13.7 Å². The molecular weight excluding hydrogens is 303 g/mol. The number of benzene rings is 1. The molecule has 0 amide bonds. The first-order valence-electron chi connectivity index (χ1n) is 8.78. The summed E-state index contributed by atoms with van der Waals surface area (Å²) in [5.74, 6) is 2.34. The maximum atomic E-state index is 14.7. The van der Waals surface area contributed by atoms with Crippen LogP contribution in [0.1, 0.15) is 52.0 Å². The Morgan fingerprint density at radius 1 is 1.12 bits per heavy atom. The van der Waals surface area contributed by atoms with Crippen LogP contribution in [0.25, 0.3) is 0 Å². The van der Waals surface area contributed by atoms with Crippen LogP contribution in [0, 0.1) is 17.0 Å². The second kappa shape index (κ2) is 6.20. The van der Waals surface area contributed by atoms with Crippen molar-refractivity contribution in [1.29, 1.82) is 5.26 Å². The maximum absolute atomic E-state index is 14.7. The highest BCUT2D eigenvalue weighted by atomic mass is 19.1. The molecule has 24 heavy (non-hydrogen) atoms. The zero-order chi connectivity index (χ0) is 17.5. The molecule has 0 N–H and O–H groups in total. The molecule has 0 bridgehead atoms. The Hall–Kier alpha value is -1.31. The molecule has 1 aromatic carbocycles. The van der Waals surface area contributed by atoms with Gasteiger partial charge in [0.1, 0.15) is 5.82 Å². The van der Waals surface area contributed by atoms with E-state index >= 15 is 0 Å². The number of hydrogen-bond acceptors (Lipinski definition) is 3. The third-order valence-corrected chi connectivity index (χ3v) is 5.90. The number of hydrogen-bond donors (Lipinski definition) is 0. The van der Waals surface area contributed by atoms with Gasteiger partial charge >= 0.3 is 7.12 Å². The molecule has 0 saturated carbocycles. The summed E-state index contributed by atoms with van der Waals surface area (Å²) >= 11 is 0. The lowest BCUT2D eigenvalue weighted by molar-refractivity contribution is 0.00578. The summed E-state index contributed by atoms with van der Waals surface area (Å²) in [4.78, 5) is 0. The van der Waals surface area contributed by atoms with Crippen LogP contribution in [-0.2, 0) is 9.31 Å². The summed E-state index contributed by atoms with van der Waals surface area (Å²) in [6, 6.07) is 5.33. The van der Waals surface area contributed by atoms with Gasteiger partial charge in [0.15, 0.2) is 0 Å². The minimum absolute atomic E-state index is 0.133. The van der Waals surface area contributed by atoms with Crippen LogP contribution in [0.15, 0.2) is 18.2 Å². The van der Waals surface area contributed by atoms with E-state index in [1.165, 1.54) is 0 Å². The van der Waals surface area contributed by atoms with Crippen molar-refractivity contribution in [3.63, 3.8) is 0 Å². The second-order valence-electron chi connectivity index (χ2n) is 8.05. The van der Waals surface area contributed by atoms with Crippen LogP contribution in [0.2, 0.25) is 12.6 Å². The predicted molar refractivity (Wildman–Crippen MR) is 95.1 cm³/mol. The highest BCUT2D eigenvalue weighted by Crippen LogP contribution is 2.37. The lowest BCUT2D eigenvalue weighted by Gasteiger charge is -2.32. The fraction of sp³-hybridized carbons (Fsp3) is 0.611. The number of halogens is 1. The Balaban J connectivity index is 1.76. The average molecular weight is 327 g/mol. The van der Waals surface area contributed by atoms with E-state index < -0.39 is 18.3 Å². The van der Waals surface area contributed by atoms with E-state index in [-0.39, 0.29) is 18.4 Å². The number of nitriles is 1. The van der Waals surface area contributed by atoms with E-state index in [9.17, 15) is 4.39 Å². The lowest BCUT2D eigenvalue weighted by atomic mass is 9.41. The Kier molecular flexibility index (Phi) is 4.53. The van der Waals surface area contributed by atoms with E-state index in [4.69, 9.17) is 14.6 Å². The fourth-order valence-corrected chi connectivity index (χ4v) is 3.53. The van der Waals surface area contributed by atoms with Gasteiger partial charge in [-0.2, -0.15) is 0 Å². The molecular formula is C18H24B2FNO2. The van der Waals surface area contributed by atoms with Crippen molar-refractivity contribution in [3.05, 3.63) is 29.6 Å². The minimum atomic E-state index is -0.534. The lowest BCUT2D eigenvalue weighted by Crippen LogP contribution is -2.41. The molecule has 0 atom stereocenters. The molecule has 2 saturated heterocycles. The zero-order valence-corrected chi connectivity index (χ0v) is 14.9. The van der Waals surface area contributed by atoms with Gasteiger partial charge < -0.3 is 9.31 Å². The molecule has 2 aliphatic rings. The van der Waals surface area contributed by atoms with Gasteiger partial charge in [-0.15, -0.1) is 0 Å². The summed E-state index contributed by atoms with van der Waals surface area (Å²) in [5.41, 5.74) is 0.623. The first-order chi connectivity index (χ1) is 11.2. The first kappa shape index (κ1) is 17.5. The van der Waals surface area contributed by atoms with E-state index in [0.717, 1.165) is 36.5 Å². The predicted octanol–water partition coefficient (Wildman–Crippen LogP) is 3.56. The van der Waals surface area contributed by atoms with Crippen LogP contribution in [0.3, 0.4) is 0 Å². The van der Waals surface area contributed by atoms with Crippen LogP contribution < -0.4 is 5.46 Å². The molecule has 3 rings (SSSR count). The van der Waals surface area contributed by atoms with Gasteiger partial charge in [0.2, 0.25) is 0 Å². The average Bonchev–Trinajstić information content (AvgIpc) is 2.75. The third-order valence-electron chi connectivity index (χ3n) is 5.90. The summed E-state index contributed by atoms with van der Waals surface area (Å²) in [6.45, 7) is 8.10. The number of rotatable bonds is 2. The van der Waals surface area contributed by atoms with Crippen molar-refractivity contribution in [3.8, 4) is 5.97 Å². The summed E-state index contributed by atoms with van der Waals surface area (Å²) in [5, 5.41) is 8.99. The molecule has 1 aromatic rings. The molecule has 2 heterocycles. The third kappa shape index (κ3) is 3.12. The van der Waals surface area contributed by atoms with Crippen LogP contribution in [0.5, 0.6) is 0 Å². The molecule has 2 aliphatic heterocycles. The smallest absolute Gasteiger partial charge is 0.399 e. The molecule has 0 aliphatic carbocycles. The number of nitrogens with zero attached hydrogens (tertiary/aromatic N) is 1. The van der Waals surface area contributed by atoms with Gasteiger partial charge in [-0.05, 0) is 50.7 Å². The Bertz CT molecular complexity index is 647. The van der Waals surface area contributed by atoms with E-state index in [2.05, 4.69) is 5.97 Å². The van der Waals surface area contributed by atoms with Crippen LogP contribution in [0.4, 0.5) is 4.39 Å². The molecule has 3 nitrogen and oxygen atoms in total. The van der Waals surface area contributed by atoms with Crippen molar-refractivity contribution >= 4 is 19.3 Å². The molecule has 126 valence electrons.